The van der Waals surface area contributed by atoms with Crippen molar-refractivity contribution < 1.29 is 13.9 Å². The summed E-state index contributed by atoms with van der Waals surface area (Å²) in [5, 5.41) is 10.5. The Kier molecular flexibility index (Phi) is 4.63. The summed E-state index contributed by atoms with van der Waals surface area (Å²) < 4.78 is 17.3. The van der Waals surface area contributed by atoms with Crippen LogP contribution in [0.15, 0.2) is 46.9 Å². The fourth-order valence-electron chi connectivity index (χ4n) is 3.00. The van der Waals surface area contributed by atoms with Gasteiger partial charge in [0.05, 0.1) is 6.61 Å². The topological polar surface area (TPSA) is 60.6 Å². The molecule has 1 fully saturated rings. The predicted molar refractivity (Wildman–Crippen MR) is 93.4 cm³/mol. The van der Waals surface area contributed by atoms with Crippen LogP contribution in [0.5, 0.6) is 5.75 Å². The van der Waals surface area contributed by atoms with Gasteiger partial charge in [0.15, 0.2) is 6.61 Å². The Balaban J connectivity index is 1.40. The quantitative estimate of drug-likeness (QED) is 0.711. The first-order valence-corrected chi connectivity index (χ1v) is 8.59. The minimum absolute atomic E-state index is 0.157. The van der Waals surface area contributed by atoms with Crippen LogP contribution >= 0.6 is 0 Å². The summed E-state index contributed by atoms with van der Waals surface area (Å²) in [5.74, 6) is 1.76. The summed E-state index contributed by atoms with van der Waals surface area (Å²) in [6.45, 7) is 5.78. The Morgan fingerprint density at radius 2 is 2.04 bits per heavy atom. The van der Waals surface area contributed by atoms with E-state index in [0.29, 0.717) is 18.4 Å². The summed E-state index contributed by atoms with van der Waals surface area (Å²) in [6, 6.07) is 14.2. The molecule has 0 radical (unpaired) electrons. The minimum atomic E-state index is -0.157. The third-order valence-electron chi connectivity index (χ3n) is 4.44. The molecule has 2 aromatic carbocycles. The number of nitrogens with zero attached hydrogens (tertiary/aromatic N) is 3. The summed E-state index contributed by atoms with van der Waals surface area (Å²) in [7, 11) is 0. The van der Waals surface area contributed by atoms with E-state index in [1.807, 2.05) is 30.3 Å². The Morgan fingerprint density at radius 3 is 2.92 bits per heavy atom. The lowest BCUT2D eigenvalue weighted by Gasteiger charge is -2.29. The zero-order chi connectivity index (χ0) is 17.1. The molecule has 6 nitrogen and oxygen atoms in total. The molecule has 4 rings (SSSR count). The van der Waals surface area contributed by atoms with Gasteiger partial charge in [-0.1, -0.05) is 37.3 Å². The second kappa shape index (κ2) is 7.21. The number of aromatic nitrogens is 2. The molecular formula is C19H21N3O3. The highest BCUT2D eigenvalue weighted by Crippen LogP contribution is 2.23. The van der Waals surface area contributed by atoms with Crippen LogP contribution in [-0.4, -0.2) is 41.3 Å². The van der Waals surface area contributed by atoms with Crippen molar-refractivity contribution in [3.8, 4) is 5.75 Å². The van der Waals surface area contributed by atoms with E-state index < -0.39 is 0 Å². The van der Waals surface area contributed by atoms with E-state index in [2.05, 4.69) is 34.2 Å². The Bertz CT molecular complexity index is 849. The lowest BCUT2D eigenvalue weighted by atomic mass is 10.1. The van der Waals surface area contributed by atoms with Crippen LogP contribution < -0.4 is 4.74 Å². The second-order valence-electron chi connectivity index (χ2n) is 6.08. The van der Waals surface area contributed by atoms with E-state index in [1.54, 1.807) is 0 Å². The largest absolute Gasteiger partial charge is 0.484 e. The number of hydrogen-bond acceptors (Lipinski definition) is 6. The van der Waals surface area contributed by atoms with Crippen molar-refractivity contribution in [3.05, 3.63) is 54.2 Å². The van der Waals surface area contributed by atoms with E-state index in [-0.39, 0.29) is 12.7 Å². The van der Waals surface area contributed by atoms with Gasteiger partial charge in [0.1, 0.15) is 11.9 Å². The SMILES string of the molecule is CCN1CCOC(c2nnc(COc3ccc4ccccc4c3)o2)C1. The maximum absolute atomic E-state index is 5.80. The molecule has 1 aromatic heterocycles. The average molecular weight is 339 g/mol. The molecule has 0 spiro atoms. The first-order chi connectivity index (χ1) is 12.3. The Labute approximate surface area is 146 Å². The molecule has 2 heterocycles. The Hall–Kier alpha value is -2.44. The third-order valence-corrected chi connectivity index (χ3v) is 4.44. The fourth-order valence-corrected chi connectivity index (χ4v) is 3.00. The van der Waals surface area contributed by atoms with Gasteiger partial charge in [0.2, 0.25) is 5.89 Å². The van der Waals surface area contributed by atoms with Gasteiger partial charge in [0.25, 0.3) is 5.89 Å². The standard InChI is InChI=1S/C19H21N3O3/c1-2-22-9-10-23-17(12-22)19-21-20-18(25-19)13-24-16-8-7-14-5-3-4-6-15(14)11-16/h3-8,11,17H,2,9-10,12-13H2,1H3. The van der Waals surface area contributed by atoms with E-state index in [9.17, 15) is 0 Å². The van der Waals surface area contributed by atoms with Crippen molar-refractivity contribution in [3.63, 3.8) is 0 Å². The number of fused-ring (bicyclic) bond motifs is 1. The van der Waals surface area contributed by atoms with Gasteiger partial charge in [-0.25, -0.2) is 0 Å². The highest BCUT2D eigenvalue weighted by molar-refractivity contribution is 5.83. The van der Waals surface area contributed by atoms with Gasteiger partial charge in [-0.3, -0.25) is 4.90 Å². The average Bonchev–Trinajstić information content (AvgIpc) is 3.15. The molecule has 0 N–H and O–H groups in total. The van der Waals surface area contributed by atoms with Gasteiger partial charge in [-0.15, -0.1) is 10.2 Å². The maximum atomic E-state index is 5.80. The van der Waals surface area contributed by atoms with Crippen LogP contribution in [0.2, 0.25) is 0 Å². The number of morpholine rings is 1. The van der Waals surface area contributed by atoms with Crippen LogP contribution in [-0.2, 0) is 11.3 Å². The van der Waals surface area contributed by atoms with E-state index in [0.717, 1.165) is 30.8 Å². The van der Waals surface area contributed by atoms with Crippen molar-refractivity contribution in [2.75, 3.05) is 26.2 Å². The summed E-state index contributed by atoms with van der Waals surface area (Å²) >= 11 is 0. The normalized spacial score (nSPS) is 18.5. The van der Waals surface area contributed by atoms with Gasteiger partial charge >= 0.3 is 0 Å². The number of hydrogen-bond donors (Lipinski definition) is 0. The number of likely N-dealkylation sites (N-methyl/N-ethyl adjacent to an activating group) is 1. The highest BCUT2D eigenvalue weighted by Gasteiger charge is 2.25. The van der Waals surface area contributed by atoms with Crippen molar-refractivity contribution in [2.24, 2.45) is 0 Å². The maximum Gasteiger partial charge on any atom is 0.254 e. The molecule has 130 valence electrons. The zero-order valence-corrected chi connectivity index (χ0v) is 14.2. The smallest absolute Gasteiger partial charge is 0.254 e. The van der Waals surface area contributed by atoms with Gasteiger partial charge in [0, 0.05) is 13.1 Å². The molecule has 1 atom stereocenters. The molecule has 0 aliphatic carbocycles. The van der Waals surface area contributed by atoms with Crippen molar-refractivity contribution >= 4 is 10.8 Å². The Morgan fingerprint density at radius 1 is 1.16 bits per heavy atom. The lowest BCUT2D eigenvalue weighted by Crippen LogP contribution is -2.38. The molecule has 1 aliphatic heterocycles. The molecule has 3 aromatic rings. The highest BCUT2D eigenvalue weighted by atomic mass is 16.5. The van der Waals surface area contributed by atoms with Crippen LogP contribution in [0.25, 0.3) is 10.8 Å². The summed E-state index contributed by atoms with van der Waals surface area (Å²) in [6.07, 6.45) is -0.157. The third kappa shape index (κ3) is 3.65. The van der Waals surface area contributed by atoms with Crippen molar-refractivity contribution in [1.82, 2.24) is 15.1 Å². The molecule has 0 amide bonds. The molecule has 1 saturated heterocycles. The first kappa shape index (κ1) is 16.1. The molecule has 1 unspecified atom stereocenters. The monoisotopic (exact) mass is 339 g/mol. The molecule has 25 heavy (non-hydrogen) atoms. The summed E-state index contributed by atoms with van der Waals surface area (Å²) in [5.41, 5.74) is 0. The van der Waals surface area contributed by atoms with Gasteiger partial charge < -0.3 is 13.9 Å². The molecule has 6 heteroatoms. The summed E-state index contributed by atoms with van der Waals surface area (Å²) in [4.78, 5) is 2.31. The number of ether oxygens (including phenoxy) is 2. The van der Waals surface area contributed by atoms with Crippen LogP contribution in [0.1, 0.15) is 24.8 Å². The predicted octanol–water partition coefficient (Wildman–Crippen LogP) is 3.20. The lowest BCUT2D eigenvalue weighted by molar-refractivity contribution is -0.0417. The van der Waals surface area contributed by atoms with E-state index in [4.69, 9.17) is 13.9 Å². The van der Waals surface area contributed by atoms with Gasteiger partial charge in [-0.2, -0.15) is 0 Å². The fraction of sp³-hybridized carbons (Fsp3) is 0.368. The van der Waals surface area contributed by atoms with Crippen LogP contribution in [0, 0.1) is 0 Å². The first-order valence-electron chi connectivity index (χ1n) is 8.59. The minimum Gasteiger partial charge on any atom is -0.484 e. The van der Waals surface area contributed by atoms with Crippen molar-refractivity contribution in [1.29, 1.82) is 0 Å². The molecule has 0 saturated carbocycles. The molecule has 1 aliphatic rings. The number of benzene rings is 2. The van der Waals surface area contributed by atoms with Gasteiger partial charge in [-0.05, 0) is 29.4 Å². The van der Waals surface area contributed by atoms with Crippen LogP contribution in [0.4, 0.5) is 0 Å². The zero-order valence-electron chi connectivity index (χ0n) is 14.2. The van der Waals surface area contributed by atoms with E-state index >= 15 is 0 Å². The molecule has 0 bridgehead atoms. The number of rotatable bonds is 5. The van der Waals surface area contributed by atoms with Crippen molar-refractivity contribution in [2.45, 2.75) is 19.6 Å². The van der Waals surface area contributed by atoms with Crippen LogP contribution in [0.3, 0.4) is 0 Å². The second-order valence-corrected chi connectivity index (χ2v) is 6.08. The molecular weight excluding hydrogens is 318 g/mol. The van der Waals surface area contributed by atoms with E-state index in [1.165, 1.54) is 5.39 Å².